The molecule has 0 radical (unpaired) electrons. The molecule has 0 aromatic rings. The minimum atomic E-state index is -1.30. The highest BCUT2D eigenvalue weighted by Crippen LogP contribution is 2.40. The second kappa shape index (κ2) is 17.7. The quantitative estimate of drug-likeness (QED) is 0.0814. The Morgan fingerprint density at radius 3 is 1.76 bits per heavy atom. The van der Waals surface area contributed by atoms with E-state index in [-0.39, 0.29) is 24.9 Å². The van der Waals surface area contributed by atoms with E-state index < -0.39 is 79.7 Å². The average molecular weight is 589 g/mol. The summed E-state index contributed by atoms with van der Waals surface area (Å²) < 4.78 is 23.7. The van der Waals surface area contributed by atoms with Gasteiger partial charge in [0.15, 0.2) is 0 Å². The van der Waals surface area contributed by atoms with E-state index in [0.717, 1.165) is 13.8 Å². The van der Waals surface area contributed by atoms with Crippen LogP contribution in [0.15, 0.2) is 4.99 Å². The Labute approximate surface area is 237 Å². The van der Waals surface area contributed by atoms with Crippen molar-refractivity contribution in [3.8, 4) is 0 Å². The fourth-order valence-corrected chi connectivity index (χ4v) is 4.55. The maximum Gasteiger partial charge on any atom is 0.416 e. The highest BCUT2D eigenvalue weighted by Gasteiger charge is 2.51. The number of carbonyl (C=O) groups excluding carboxylic acids is 6. The first-order valence-electron chi connectivity index (χ1n) is 13.2. The maximum absolute atomic E-state index is 12.7. The van der Waals surface area contributed by atoms with Crippen LogP contribution in [0.4, 0.5) is 9.59 Å². The second-order valence-electron chi connectivity index (χ2n) is 9.13. The molecule has 4 N–H and O–H groups in total. The summed E-state index contributed by atoms with van der Waals surface area (Å²) in [5, 5.41) is 18.5. The van der Waals surface area contributed by atoms with Gasteiger partial charge in [-0.2, -0.15) is 0 Å². The number of amides is 3. The Bertz CT molecular complexity index is 932. The van der Waals surface area contributed by atoms with Crippen molar-refractivity contribution in [1.82, 2.24) is 16.0 Å². The van der Waals surface area contributed by atoms with E-state index in [1.807, 2.05) is 13.8 Å². The molecule has 16 heteroatoms. The molecular formula is C25H40N4O12. The molecule has 0 aromatic heterocycles. The molecule has 1 aliphatic carbocycles. The Kier molecular flexibility index (Phi) is 15.1. The average Bonchev–Trinajstić information content (AvgIpc) is 3.18. The van der Waals surface area contributed by atoms with Gasteiger partial charge in [-0.1, -0.05) is 26.7 Å². The minimum Gasteiger partial charge on any atom is -0.466 e. The number of nitrogens with zero attached hydrogens (tertiary/aromatic N) is 1. The lowest BCUT2D eigenvalue weighted by molar-refractivity contribution is -0.152. The van der Waals surface area contributed by atoms with E-state index in [0.29, 0.717) is 12.8 Å². The van der Waals surface area contributed by atoms with Gasteiger partial charge in [-0.25, -0.2) is 14.6 Å². The number of alkyl carbamates (subject to hydrolysis) is 2. The zero-order chi connectivity index (χ0) is 31.1. The van der Waals surface area contributed by atoms with Crippen LogP contribution in [0.1, 0.15) is 60.8 Å². The highest BCUT2D eigenvalue weighted by molar-refractivity contribution is 6.01. The predicted octanol–water partition coefficient (Wildman–Crippen LogP) is 0.706. The van der Waals surface area contributed by atoms with Crippen molar-refractivity contribution in [3.63, 3.8) is 0 Å². The zero-order valence-corrected chi connectivity index (χ0v) is 24.1. The largest absolute Gasteiger partial charge is 0.466 e. The first-order valence-corrected chi connectivity index (χ1v) is 13.2. The van der Waals surface area contributed by atoms with Gasteiger partial charge in [0.2, 0.25) is 25.5 Å². The lowest BCUT2D eigenvalue weighted by Crippen LogP contribution is -2.51. The molecule has 1 fully saturated rings. The number of nitrogens with one attached hydrogen (secondary N) is 3. The number of aliphatic hydroxyl groups excluding tert-OH is 1. The number of aliphatic hydroxyl groups is 1. The molecular weight excluding hydrogens is 548 g/mol. The van der Waals surface area contributed by atoms with Gasteiger partial charge in [0.1, 0.15) is 0 Å². The fraction of sp³-hybridized carbons (Fsp3) is 0.720. The van der Waals surface area contributed by atoms with E-state index in [4.69, 9.17) is 14.2 Å². The van der Waals surface area contributed by atoms with Crippen molar-refractivity contribution < 1.29 is 57.6 Å². The van der Waals surface area contributed by atoms with Crippen LogP contribution in [-0.4, -0.2) is 85.4 Å². The van der Waals surface area contributed by atoms with Gasteiger partial charge in [-0.15, -0.1) is 0 Å². The van der Waals surface area contributed by atoms with Crippen molar-refractivity contribution >= 4 is 42.0 Å². The molecule has 232 valence electrons. The molecule has 0 saturated heterocycles. The SMILES string of the molecule is CCOC(=O)[C@H]1C[C@@H](N=C(NC(=O)OCOC(C)=O)NC(=O)OCOC(C)=O)[C@H](C(NC(C)=O)C(CC)CC)[C@@H]1O. The number of ether oxygens (including phenoxy) is 5. The summed E-state index contributed by atoms with van der Waals surface area (Å²) in [5.74, 6) is -4.95. The third-order valence-electron chi connectivity index (χ3n) is 6.32. The summed E-state index contributed by atoms with van der Waals surface area (Å²) >= 11 is 0. The number of hydrogen-bond donors (Lipinski definition) is 4. The topological polar surface area (TPSA) is 217 Å². The summed E-state index contributed by atoms with van der Waals surface area (Å²) in [7, 11) is 0. The molecule has 1 unspecified atom stereocenters. The fourth-order valence-electron chi connectivity index (χ4n) is 4.55. The third-order valence-corrected chi connectivity index (χ3v) is 6.32. The number of guanidine groups is 1. The van der Waals surface area contributed by atoms with Gasteiger partial charge in [-0.3, -0.25) is 29.8 Å². The van der Waals surface area contributed by atoms with Crippen LogP contribution in [-0.2, 0) is 42.9 Å². The Hall–Kier alpha value is -3.95. The van der Waals surface area contributed by atoms with Gasteiger partial charge in [0, 0.05) is 32.7 Å². The lowest BCUT2D eigenvalue weighted by Gasteiger charge is -2.35. The normalized spacial score (nSPS) is 20.2. The van der Waals surface area contributed by atoms with Gasteiger partial charge < -0.3 is 34.1 Å². The predicted molar refractivity (Wildman–Crippen MR) is 140 cm³/mol. The number of hydrogen-bond acceptors (Lipinski definition) is 13. The summed E-state index contributed by atoms with van der Waals surface area (Å²) in [6.07, 6.45) is -2.47. The molecule has 0 spiro atoms. The van der Waals surface area contributed by atoms with Gasteiger partial charge in [0.25, 0.3) is 0 Å². The summed E-state index contributed by atoms with van der Waals surface area (Å²) in [6, 6.07) is -1.58. The van der Waals surface area contributed by atoms with Crippen LogP contribution < -0.4 is 16.0 Å². The first-order chi connectivity index (χ1) is 19.3. The molecule has 0 aromatic carbocycles. The standard InChI is InChI=1S/C25H40N4O12/c1-7-16(8-2)20(26-13(4)30)19-18(10-17(21(19)33)22(34)37-9-3)27-23(28-24(35)40-11-38-14(5)31)29-25(36)41-12-39-15(6)32/h16-21,33H,7-12H2,1-6H3,(H,26,30)(H2,27,28,29,35,36)/t17-,18+,19+,20?,21+/m0/s1. The monoisotopic (exact) mass is 588 g/mol. The van der Waals surface area contributed by atoms with Crippen molar-refractivity contribution in [2.45, 2.75) is 79.0 Å². The molecule has 0 heterocycles. The minimum absolute atomic E-state index is 0.0568. The Morgan fingerprint density at radius 1 is 0.829 bits per heavy atom. The molecule has 0 bridgehead atoms. The molecule has 5 atom stereocenters. The van der Waals surface area contributed by atoms with Gasteiger partial charge in [-0.05, 0) is 19.3 Å². The molecule has 1 saturated carbocycles. The molecule has 41 heavy (non-hydrogen) atoms. The van der Waals surface area contributed by atoms with Gasteiger partial charge >= 0.3 is 30.1 Å². The highest BCUT2D eigenvalue weighted by atomic mass is 16.7. The van der Waals surface area contributed by atoms with Crippen molar-refractivity contribution in [2.24, 2.45) is 22.7 Å². The van der Waals surface area contributed by atoms with Crippen molar-refractivity contribution in [3.05, 3.63) is 0 Å². The van der Waals surface area contributed by atoms with Crippen molar-refractivity contribution in [2.75, 3.05) is 20.2 Å². The van der Waals surface area contributed by atoms with E-state index in [1.54, 1.807) is 6.92 Å². The molecule has 1 rings (SSSR count). The number of rotatable bonds is 12. The summed E-state index contributed by atoms with van der Waals surface area (Å²) in [4.78, 5) is 75.8. The lowest BCUT2D eigenvalue weighted by atomic mass is 9.80. The van der Waals surface area contributed by atoms with Crippen LogP contribution in [0.5, 0.6) is 0 Å². The first kappa shape index (κ1) is 35.1. The number of esters is 3. The Balaban J connectivity index is 3.45. The van der Waals surface area contributed by atoms with Crippen LogP contribution in [0, 0.1) is 17.8 Å². The van der Waals surface area contributed by atoms with Gasteiger partial charge in [0.05, 0.1) is 24.7 Å². The molecule has 3 amide bonds. The molecule has 0 aliphatic heterocycles. The van der Waals surface area contributed by atoms with E-state index in [2.05, 4.69) is 30.4 Å². The van der Waals surface area contributed by atoms with Crippen LogP contribution in [0.25, 0.3) is 0 Å². The number of aliphatic imine (C=N–C) groups is 1. The van der Waals surface area contributed by atoms with E-state index in [1.165, 1.54) is 6.92 Å². The van der Waals surface area contributed by atoms with Crippen molar-refractivity contribution in [1.29, 1.82) is 0 Å². The van der Waals surface area contributed by atoms with E-state index in [9.17, 15) is 33.9 Å². The Morgan fingerprint density at radius 2 is 1.34 bits per heavy atom. The third kappa shape index (κ3) is 12.0. The maximum atomic E-state index is 12.7. The number of carbonyl (C=O) groups is 6. The molecule has 1 aliphatic rings. The van der Waals surface area contributed by atoms with Crippen LogP contribution in [0.2, 0.25) is 0 Å². The zero-order valence-electron chi connectivity index (χ0n) is 24.1. The molecule has 16 nitrogen and oxygen atoms in total. The van der Waals surface area contributed by atoms with Crippen LogP contribution in [0.3, 0.4) is 0 Å². The summed E-state index contributed by atoms with van der Waals surface area (Å²) in [5.41, 5.74) is 0. The van der Waals surface area contributed by atoms with E-state index >= 15 is 0 Å². The smallest absolute Gasteiger partial charge is 0.416 e. The van der Waals surface area contributed by atoms with Crippen LogP contribution >= 0.6 is 0 Å². The summed E-state index contributed by atoms with van der Waals surface area (Å²) in [6.45, 7) is 7.57. The second-order valence-corrected chi connectivity index (χ2v) is 9.13.